The molecule has 33 heavy (non-hydrogen) atoms. The number of nitrogens with zero attached hydrogens (tertiary/aromatic N) is 2. The second-order valence-corrected chi connectivity index (χ2v) is 8.23. The first-order valence-electron chi connectivity index (χ1n) is 9.86. The molecule has 180 valence electrons. The monoisotopic (exact) mass is 535 g/mol. The van der Waals surface area contributed by atoms with Crippen molar-refractivity contribution >= 4 is 33.8 Å². The maximum absolute atomic E-state index is 12.6. The average Bonchev–Trinajstić information content (AvgIpc) is 3.41. The minimum Gasteiger partial charge on any atom is -0.491 e. The van der Waals surface area contributed by atoms with Crippen LogP contribution in [0.15, 0.2) is 22.7 Å². The topological polar surface area (TPSA) is 140 Å². The minimum absolute atomic E-state index is 0.00692. The van der Waals surface area contributed by atoms with E-state index < -0.39 is 18.1 Å². The normalized spacial score (nSPS) is 22.2. The van der Waals surface area contributed by atoms with Crippen LogP contribution in [0.4, 0.5) is 13.2 Å². The van der Waals surface area contributed by atoms with Crippen LogP contribution >= 0.6 is 15.9 Å². The molecule has 0 aromatic heterocycles. The summed E-state index contributed by atoms with van der Waals surface area (Å²) in [5.41, 5.74) is 0.159. The van der Waals surface area contributed by atoms with Crippen LogP contribution < -0.4 is 10.1 Å². The van der Waals surface area contributed by atoms with Gasteiger partial charge < -0.3 is 19.8 Å². The molecule has 0 unspecified atom stereocenters. The maximum Gasteiger partial charge on any atom is 0.490 e. The molecule has 0 aliphatic carbocycles. The highest BCUT2D eigenvalue weighted by atomic mass is 79.9. The predicted molar refractivity (Wildman–Crippen MR) is 111 cm³/mol. The third-order valence-corrected chi connectivity index (χ3v) is 5.74. The molecule has 3 N–H and O–H groups in total. The van der Waals surface area contributed by atoms with Crippen LogP contribution in [0, 0.1) is 11.3 Å². The number of hydrogen-bond donors (Lipinski definition) is 3. The molecule has 2 heterocycles. The lowest BCUT2D eigenvalue weighted by atomic mass is 10.1. The number of aliphatic carboxylic acids is 1. The number of carboxylic acid groups (broad SMARTS) is 2. The van der Waals surface area contributed by atoms with Crippen LogP contribution in [-0.4, -0.2) is 70.4 Å². The highest BCUT2D eigenvalue weighted by molar-refractivity contribution is 9.10. The van der Waals surface area contributed by atoms with Gasteiger partial charge in [0.2, 0.25) is 5.91 Å². The van der Waals surface area contributed by atoms with Crippen molar-refractivity contribution in [2.45, 2.75) is 50.0 Å². The number of benzene rings is 1. The number of alkyl halides is 3. The lowest BCUT2D eigenvalue weighted by Gasteiger charge is -2.24. The number of halogens is 4. The molecule has 3 atom stereocenters. The molecule has 1 aromatic rings. The smallest absolute Gasteiger partial charge is 0.490 e. The SMILES string of the molecule is N#C[C@@H]1CCCN1C(=O)[C@@H]1CC[C@H](COc2cc(C(=O)O)ccc2Br)N1.O=C(O)C(F)(F)F. The molecule has 2 aliphatic rings. The molecule has 2 saturated heterocycles. The van der Waals surface area contributed by atoms with Gasteiger partial charge in [0, 0.05) is 12.6 Å². The maximum atomic E-state index is 12.6. The first-order valence-corrected chi connectivity index (χ1v) is 10.6. The molecule has 0 spiro atoms. The molecule has 0 radical (unpaired) electrons. The molecule has 1 amide bonds. The Morgan fingerprint density at radius 1 is 1.24 bits per heavy atom. The number of carbonyl (C=O) groups is 3. The summed E-state index contributed by atoms with van der Waals surface area (Å²) >= 11 is 3.35. The third-order valence-electron chi connectivity index (χ3n) is 5.08. The van der Waals surface area contributed by atoms with E-state index in [9.17, 15) is 22.8 Å². The number of likely N-dealkylation sites (tertiary alicyclic amines) is 1. The van der Waals surface area contributed by atoms with Gasteiger partial charge in [-0.2, -0.15) is 18.4 Å². The first kappa shape index (κ1) is 26.4. The summed E-state index contributed by atoms with van der Waals surface area (Å²) in [5, 5.41) is 28.6. The molecule has 3 rings (SSSR count). The molecular weight excluding hydrogens is 515 g/mol. The number of carboxylic acids is 2. The number of aromatic carboxylic acids is 1. The summed E-state index contributed by atoms with van der Waals surface area (Å²) < 4.78 is 38.2. The zero-order valence-corrected chi connectivity index (χ0v) is 18.7. The Hall–Kier alpha value is -2.85. The average molecular weight is 536 g/mol. The molecule has 0 saturated carbocycles. The lowest BCUT2D eigenvalue weighted by molar-refractivity contribution is -0.192. The molecule has 2 aliphatic heterocycles. The van der Waals surface area contributed by atoms with E-state index in [1.165, 1.54) is 12.1 Å². The minimum atomic E-state index is -5.08. The quantitative estimate of drug-likeness (QED) is 0.522. The largest absolute Gasteiger partial charge is 0.491 e. The van der Waals surface area contributed by atoms with Gasteiger partial charge in [-0.3, -0.25) is 10.1 Å². The van der Waals surface area contributed by atoms with Gasteiger partial charge in [-0.1, -0.05) is 0 Å². The molecule has 2 fully saturated rings. The van der Waals surface area contributed by atoms with Crippen molar-refractivity contribution in [1.82, 2.24) is 10.2 Å². The van der Waals surface area contributed by atoms with Gasteiger partial charge in [0.1, 0.15) is 18.4 Å². The van der Waals surface area contributed by atoms with E-state index in [-0.39, 0.29) is 29.6 Å². The molecule has 9 nitrogen and oxygen atoms in total. The highest BCUT2D eigenvalue weighted by Gasteiger charge is 2.38. The first-order chi connectivity index (χ1) is 15.4. The standard InChI is InChI=1S/C18H20BrN3O4.C2HF3O2/c19-14-5-3-11(18(24)25)8-16(14)26-10-12-4-6-15(21-12)17(23)22-7-1-2-13(22)9-20;3-2(4,5)1(6)7/h3,5,8,12-13,15,21H,1-2,4,6-7,10H2,(H,24,25);(H,6,7)/t12-,13+,15+;/m1./s1. The Morgan fingerprint density at radius 2 is 1.91 bits per heavy atom. The number of carbonyl (C=O) groups excluding carboxylic acids is 1. The summed E-state index contributed by atoms with van der Waals surface area (Å²) in [5.74, 6) is -3.31. The van der Waals surface area contributed by atoms with Crippen LogP contribution in [0.25, 0.3) is 0 Å². The number of nitriles is 1. The van der Waals surface area contributed by atoms with Crippen molar-refractivity contribution < 1.29 is 42.5 Å². The number of hydrogen-bond acceptors (Lipinski definition) is 6. The molecular formula is C20H21BrF3N3O6. The zero-order chi connectivity index (χ0) is 24.8. The van der Waals surface area contributed by atoms with Crippen molar-refractivity contribution in [2.75, 3.05) is 13.2 Å². The fourth-order valence-corrected chi connectivity index (χ4v) is 3.81. The Labute approximate surface area is 195 Å². The number of nitrogens with one attached hydrogen (secondary N) is 1. The van der Waals surface area contributed by atoms with Crippen LogP contribution in [0.3, 0.4) is 0 Å². The summed E-state index contributed by atoms with van der Waals surface area (Å²) in [6, 6.07) is 6.23. The van der Waals surface area contributed by atoms with Gasteiger partial charge in [0.05, 0.1) is 22.1 Å². The fraction of sp³-hybridized carbons (Fsp3) is 0.500. The zero-order valence-electron chi connectivity index (χ0n) is 17.1. The van der Waals surface area contributed by atoms with E-state index >= 15 is 0 Å². The summed E-state index contributed by atoms with van der Waals surface area (Å²) in [4.78, 5) is 34.3. The Morgan fingerprint density at radius 3 is 2.48 bits per heavy atom. The van der Waals surface area contributed by atoms with Crippen molar-refractivity contribution in [3.63, 3.8) is 0 Å². The Bertz CT molecular complexity index is 937. The van der Waals surface area contributed by atoms with Gasteiger partial charge in [-0.25, -0.2) is 9.59 Å². The summed E-state index contributed by atoms with van der Waals surface area (Å²) in [7, 11) is 0. The van der Waals surface area contributed by atoms with Gasteiger partial charge in [-0.15, -0.1) is 0 Å². The van der Waals surface area contributed by atoms with Gasteiger partial charge >= 0.3 is 18.1 Å². The van der Waals surface area contributed by atoms with E-state index in [1.807, 2.05) is 0 Å². The van der Waals surface area contributed by atoms with Crippen molar-refractivity contribution in [2.24, 2.45) is 0 Å². The fourth-order valence-electron chi connectivity index (χ4n) is 3.45. The van der Waals surface area contributed by atoms with Crippen molar-refractivity contribution in [1.29, 1.82) is 5.26 Å². The molecule has 13 heteroatoms. The van der Waals surface area contributed by atoms with Crippen LogP contribution in [0.2, 0.25) is 0 Å². The van der Waals surface area contributed by atoms with Gasteiger partial charge in [0.25, 0.3) is 0 Å². The third kappa shape index (κ3) is 7.33. The predicted octanol–water partition coefficient (Wildman–Crippen LogP) is 2.79. The number of amides is 1. The number of rotatable bonds is 5. The summed E-state index contributed by atoms with van der Waals surface area (Å²) in [6.45, 7) is 0.985. The van der Waals surface area contributed by atoms with Crippen LogP contribution in [-0.2, 0) is 9.59 Å². The van der Waals surface area contributed by atoms with E-state index in [2.05, 4.69) is 27.3 Å². The molecule has 1 aromatic carbocycles. The van der Waals surface area contributed by atoms with E-state index in [0.29, 0.717) is 29.8 Å². The highest BCUT2D eigenvalue weighted by Crippen LogP contribution is 2.27. The second-order valence-electron chi connectivity index (χ2n) is 7.38. The van der Waals surface area contributed by atoms with Crippen molar-refractivity contribution in [3.8, 4) is 11.8 Å². The number of ether oxygens (including phenoxy) is 1. The van der Waals surface area contributed by atoms with Gasteiger partial charge in [0.15, 0.2) is 0 Å². The lowest BCUT2D eigenvalue weighted by Crippen LogP contribution is -2.47. The Kier molecular flexibility index (Phi) is 9.07. The molecule has 0 bridgehead atoms. The van der Waals surface area contributed by atoms with Crippen molar-refractivity contribution in [3.05, 3.63) is 28.2 Å². The van der Waals surface area contributed by atoms with E-state index in [0.717, 1.165) is 19.3 Å². The second kappa shape index (κ2) is 11.3. The van der Waals surface area contributed by atoms with Crippen LogP contribution in [0.5, 0.6) is 5.75 Å². The van der Waals surface area contributed by atoms with E-state index in [4.69, 9.17) is 25.0 Å². The Balaban J connectivity index is 0.000000479. The van der Waals surface area contributed by atoms with Crippen LogP contribution in [0.1, 0.15) is 36.0 Å². The van der Waals surface area contributed by atoms with Gasteiger partial charge in [-0.05, 0) is 59.8 Å². The summed E-state index contributed by atoms with van der Waals surface area (Å²) in [6.07, 6.45) is -1.97. The van der Waals surface area contributed by atoms with E-state index in [1.54, 1.807) is 11.0 Å².